The van der Waals surface area contributed by atoms with E-state index in [9.17, 15) is 0 Å². The van der Waals surface area contributed by atoms with Crippen LogP contribution in [0.15, 0.2) is 30.3 Å². The summed E-state index contributed by atoms with van der Waals surface area (Å²) < 4.78 is 0. The number of nitrogens with zero attached hydrogens (tertiary/aromatic N) is 4. The SMILES string of the molecule is Cc1cc(C)c2c(c1)Cc1cc(C)cc(C)c1N1CCN(Cc3c(C)cc(C)c(c3C)CN3CCN2C3=S)C1=S. The molecular formula is C34H40N4S2. The highest BCUT2D eigenvalue weighted by Crippen LogP contribution is 2.38. The highest BCUT2D eigenvalue weighted by Gasteiger charge is 2.33. The Morgan fingerprint density at radius 1 is 0.525 bits per heavy atom. The Balaban J connectivity index is 1.57. The lowest BCUT2D eigenvalue weighted by molar-refractivity contribution is 0.452. The molecule has 3 heterocycles. The van der Waals surface area contributed by atoms with E-state index in [1.165, 1.54) is 72.6 Å². The Bertz CT molecular complexity index is 1460. The summed E-state index contributed by atoms with van der Waals surface area (Å²) in [5.41, 5.74) is 17.3. The molecule has 6 bridgehead atoms. The van der Waals surface area contributed by atoms with Gasteiger partial charge < -0.3 is 19.6 Å². The van der Waals surface area contributed by atoms with Crippen LogP contribution in [0.5, 0.6) is 0 Å². The first-order chi connectivity index (χ1) is 19.0. The van der Waals surface area contributed by atoms with E-state index in [2.05, 4.69) is 98.4 Å². The highest BCUT2D eigenvalue weighted by molar-refractivity contribution is 7.80. The van der Waals surface area contributed by atoms with E-state index in [1.54, 1.807) is 0 Å². The van der Waals surface area contributed by atoms with Crippen LogP contribution >= 0.6 is 24.4 Å². The average molecular weight is 569 g/mol. The van der Waals surface area contributed by atoms with E-state index in [1.807, 2.05) is 0 Å². The number of rotatable bonds is 0. The molecule has 6 rings (SSSR count). The molecule has 3 aromatic rings. The third-order valence-corrected chi connectivity index (χ3v) is 10.1. The summed E-state index contributed by atoms with van der Waals surface area (Å²) >= 11 is 12.4. The van der Waals surface area contributed by atoms with Crippen molar-refractivity contribution in [2.75, 3.05) is 36.0 Å². The first-order valence-electron chi connectivity index (χ1n) is 14.4. The van der Waals surface area contributed by atoms with Crippen LogP contribution in [0.1, 0.15) is 61.2 Å². The maximum atomic E-state index is 6.22. The van der Waals surface area contributed by atoms with E-state index in [0.717, 1.165) is 55.9 Å². The van der Waals surface area contributed by atoms with Crippen molar-refractivity contribution in [2.24, 2.45) is 0 Å². The van der Waals surface area contributed by atoms with Gasteiger partial charge in [-0.3, -0.25) is 0 Å². The highest BCUT2D eigenvalue weighted by atomic mass is 32.1. The fourth-order valence-electron chi connectivity index (χ4n) is 7.36. The van der Waals surface area contributed by atoms with Gasteiger partial charge in [0.25, 0.3) is 0 Å². The number of benzene rings is 3. The third kappa shape index (κ3) is 4.50. The second-order valence-electron chi connectivity index (χ2n) is 12.2. The summed E-state index contributed by atoms with van der Waals surface area (Å²) in [7, 11) is 0. The van der Waals surface area contributed by atoms with Crippen LogP contribution in [0.25, 0.3) is 0 Å². The number of anilines is 2. The minimum absolute atomic E-state index is 0.846. The summed E-state index contributed by atoms with van der Waals surface area (Å²) in [5.74, 6) is 0. The molecule has 0 N–H and O–H groups in total. The Morgan fingerprint density at radius 3 is 1.38 bits per heavy atom. The monoisotopic (exact) mass is 568 g/mol. The minimum Gasteiger partial charge on any atom is -0.343 e. The van der Waals surface area contributed by atoms with Gasteiger partial charge in [-0.1, -0.05) is 41.5 Å². The molecule has 3 aliphatic heterocycles. The summed E-state index contributed by atoms with van der Waals surface area (Å²) in [6, 6.07) is 11.7. The fourth-order valence-corrected chi connectivity index (χ4v) is 8.03. The molecule has 0 radical (unpaired) electrons. The molecule has 0 aromatic heterocycles. The molecule has 40 heavy (non-hydrogen) atoms. The molecule has 3 aliphatic rings. The van der Waals surface area contributed by atoms with Crippen molar-refractivity contribution in [1.82, 2.24) is 9.80 Å². The van der Waals surface area contributed by atoms with Gasteiger partial charge >= 0.3 is 0 Å². The summed E-state index contributed by atoms with van der Waals surface area (Å²) in [5, 5.41) is 1.88. The van der Waals surface area contributed by atoms with Crippen molar-refractivity contribution in [3.8, 4) is 0 Å². The lowest BCUT2D eigenvalue weighted by Crippen LogP contribution is -2.34. The molecule has 2 saturated heterocycles. The normalized spacial score (nSPS) is 17.1. The van der Waals surface area contributed by atoms with E-state index < -0.39 is 0 Å². The zero-order chi connectivity index (χ0) is 28.5. The van der Waals surface area contributed by atoms with Crippen molar-refractivity contribution in [2.45, 2.75) is 68.0 Å². The largest absolute Gasteiger partial charge is 0.343 e. The van der Waals surface area contributed by atoms with Crippen LogP contribution in [-0.2, 0) is 19.5 Å². The lowest BCUT2D eigenvalue weighted by atomic mass is 9.92. The molecular weight excluding hydrogens is 529 g/mol. The molecule has 0 unspecified atom stereocenters. The number of aryl methyl sites for hydroxylation is 6. The van der Waals surface area contributed by atoms with Gasteiger partial charge in [-0.05, 0) is 123 Å². The van der Waals surface area contributed by atoms with Gasteiger partial charge in [-0.2, -0.15) is 0 Å². The van der Waals surface area contributed by atoms with Crippen LogP contribution in [0, 0.1) is 48.5 Å². The Hall–Kier alpha value is -2.96. The van der Waals surface area contributed by atoms with Crippen molar-refractivity contribution in [1.29, 1.82) is 0 Å². The Morgan fingerprint density at radius 2 is 0.950 bits per heavy atom. The van der Waals surface area contributed by atoms with Crippen molar-refractivity contribution >= 4 is 46.0 Å². The number of hydrogen-bond donors (Lipinski definition) is 0. The van der Waals surface area contributed by atoms with Crippen LogP contribution in [0.2, 0.25) is 0 Å². The van der Waals surface area contributed by atoms with Gasteiger partial charge in [0.15, 0.2) is 10.2 Å². The molecule has 4 nitrogen and oxygen atoms in total. The Kier molecular flexibility index (Phi) is 6.90. The molecule has 208 valence electrons. The van der Waals surface area contributed by atoms with Crippen LogP contribution in [0.4, 0.5) is 11.4 Å². The van der Waals surface area contributed by atoms with Gasteiger partial charge in [-0.25, -0.2) is 0 Å². The van der Waals surface area contributed by atoms with Gasteiger partial charge in [0.05, 0.1) is 0 Å². The lowest BCUT2D eigenvalue weighted by Gasteiger charge is -2.30. The van der Waals surface area contributed by atoms with E-state index >= 15 is 0 Å². The van der Waals surface area contributed by atoms with Crippen LogP contribution in [0.3, 0.4) is 0 Å². The summed E-state index contributed by atoms with van der Waals surface area (Å²) in [6.07, 6.45) is 0.851. The maximum absolute atomic E-state index is 6.22. The first-order valence-corrected chi connectivity index (χ1v) is 15.3. The first kappa shape index (κ1) is 27.2. The van der Waals surface area contributed by atoms with Gasteiger partial charge in [0.2, 0.25) is 0 Å². The van der Waals surface area contributed by atoms with Crippen LogP contribution < -0.4 is 9.80 Å². The van der Waals surface area contributed by atoms with E-state index in [-0.39, 0.29) is 0 Å². The predicted molar refractivity (Wildman–Crippen MR) is 176 cm³/mol. The van der Waals surface area contributed by atoms with E-state index in [4.69, 9.17) is 24.4 Å². The summed E-state index contributed by atoms with van der Waals surface area (Å²) in [4.78, 5) is 9.61. The molecule has 0 aliphatic carbocycles. The average Bonchev–Trinajstić information content (AvgIpc) is 3.40. The zero-order valence-corrected chi connectivity index (χ0v) is 26.6. The second kappa shape index (κ2) is 10.1. The number of fused-ring (bicyclic) bond motifs is 10. The third-order valence-electron chi connectivity index (χ3n) is 9.15. The topological polar surface area (TPSA) is 13.0 Å². The fraction of sp³-hybridized carbons (Fsp3) is 0.412. The quantitative estimate of drug-likeness (QED) is 0.270. The molecule has 0 amide bonds. The minimum atomic E-state index is 0.846. The van der Waals surface area contributed by atoms with E-state index in [0.29, 0.717) is 0 Å². The zero-order valence-electron chi connectivity index (χ0n) is 24.9. The number of thiocarbonyl (C=S) groups is 2. The number of hydrogen-bond acceptors (Lipinski definition) is 2. The smallest absolute Gasteiger partial charge is 0.176 e. The molecule has 3 aromatic carbocycles. The van der Waals surface area contributed by atoms with Crippen molar-refractivity contribution in [3.63, 3.8) is 0 Å². The standard InChI is InChI=1S/C34H40N4S2/c1-20-12-24(5)31-27(14-20)17-28-15-21(2)13-25(6)32(28)38-11-9-36(34(38)40)19-30-23(4)16-22(3)29(26(30)7)18-35-8-10-37(31)33(35)39/h12-16H,8-11,17-19H2,1-7H3. The van der Waals surface area contributed by atoms with Gasteiger partial charge in [0, 0.05) is 57.1 Å². The van der Waals surface area contributed by atoms with Gasteiger partial charge in [0.1, 0.15) is 0 Å². The molecule has 0 saturated carbocycles. The molecule has 6 heteroatoms. The summed E-state index contributed by atoms with van der Waals surface area (Å²) in [6.45, 7) is 21.1. The maximum Gasteiger partial charge on any atom is 0.176 e. The van der Waals surface area contributed by atoms with Gasteiger partial charge in [-0.15, -0.1) is 0 Å². The predicted octanol–water partition coefficient (Wildman–Crippen LogP) is 6.96. The van der Waals surface area contributed by atoms with Crippen molar-refractivity contribution in [3.05, 3.63) is 91.5 Å². The molecule has 0 spiro atoms. The molecule has 0 atom stereocenters. The Labute approximate surface area is 250 Å². The molecule has 2 fully saturated rings. The second-order valence-corrected chi connectivity index (χ2v) is 12.9. The van der Waals surface area contributed by atoms with Crippen LogP contribution in [-0.4, -0.2) is 46.2 Å². The van der Waals surface area contributed by atoms with Crippen molar-refractivity contribution < 1.29 is 0 Å².